The van der Waals surface area contributed by atoms with E-state index in [0.29, 0.717) is 18.0 Å². The first-order valence-corrected chi connectivity index (χ1v) is 9.51. The minimum Gasteiger partial charge on any atom is -0.495 e. The summed E-state index contributed by atoms with van der Waals surface area (Å²) in [5.74, 6) is 0.719. The Morgan fingerprint density at radius 3 is 2.50 bits per heavy atom. The summed E-state index contributed by atoms with van der Waals surface area (Å²) in [5, 5.41) is 6.67. The van der Waals surface area contributed by atoms with Crippen molar-refractivity contribution in [2.24, 2.45) is 0 Å². The second-order valence-electron chi connectivity index (χ2n) is 5.69. The predicted molar refractivity (Wildman–Crippen MR) is 104 cm³/mol. The Morgan fingerprint density at radius 2 is 1.85 bits per heavy atom. The molecule has 3 N–H and O–H groups in total. The number of anilines is 1. The lowest BCUT2D eigenvalue weighted by atomic mass is 9.96. The van der Waals surface area contributed by atoms with Crippen LogP contribution in [0.2, 0.25) is 0 Å². The molecule has 0 bridgehead atoms. The standard InChI is InChI=1S/C19H26N2O4S/c1-20-19-15(9-6-10-16(19)25-3)18(21-12-7-13-24-2)14-8-4-5-11-17(14)26(22)23/h4-6,8-11,18,20-21H,7,12-13H2,1-3H3,(H,22,23). The zero-order chi connectivity index (χ0) is 18.9. The highest BCUT2D eigenvalue weighted by atomic mass is 32.2. The van der Waals surface area contributed by atoms with Gasteiger partial charge in [0.15, 0.2) is 11.1 Å². The fraction of sp³-hybridized carbons (Fsp3) is 0.368. The Hall–Kier alpha value is -1.93. The van der Waals surface area contributed by atoms with Gasteiger partial charge in [-0.1, -0.05) is 30.3 Å². The molecule has 2 aromatic rings. The summed E-state index contributed by atoms with van der Waals surface area (Å²) in [7, 11) is 5.12. The monoisotopic (exact) mass is 378 g/mol. The third-order valence-electron chi connectivity index (χ3n) is 4.13. The highest BCUT2D eigenvalue weighted by molar-refractivity contribution is 7.79. The first-order valence-electron chi connectivity index (χ1n) is 8.40. The molecule has 0 aliphatic rings. The minimum atomic E-state index is -2.08. The topological polar surface area (TPSA) is 79.8 Å². The van der Waals surface area contributed by atoms with E-state index in [2.05, 4.69) is 10.6 Å². The molecular weight excluding hydrogens is 352 g/mol. The maximum Gasteiger partial charge on any atom is 0.186 e. The number of hydrogen-bond acceptors (Lipinski definition) is 5. The van der Waals surface area contributed by atoms with Crippen molar-refractivity contribution in [3.05, 3.63) is 53.6 Å². The molecule has 0 aromatic heterocycles. The number of benzene rings is 2. The number of para-hydroxylation sites is 1. The number of methoxy groups -OCH3 is 2. The van der Waals surface area contributed by atoms with Gasteiger partial charge in [0.05, 0.1) is 23.7 Å². The van der Waals surface area contributed by atoms with E-state index in [4.69, 9.17) is 9.47 Å². The van der Waals surface area contributed by atoms with E-state index in [1.165, 1.54) is 0 Å². The number of nitrogens with one attached hydrogen (secondary N) is 2. The maximum atomic E-state index is 11.8. The smallest absolute Gasteiger partial charge is 0.186 e. The summed E-state index contributed by atoms with van der Waals surface area (Å²) in [4.78, 5) is 0.390. The average Bonchev–Trinajstić information content (AvgIpc) is 2.67. The second kappa shape index (κ2) is 10.3. The van der Waals surface area contributed by atoms with Gasteiger partial charge in [-0.25, -0.2) is 4.21 Å². The molecule has 7 heteroatoms. The normalized spacial score (nSPS) is 13.2. The molecule has 0 heterocycles. The molecule has 142 valence electrons. The van der Waals surface area contributed by atoms with E-state index < -0.39 is 11.1 Å². The lowest BCUT2D eigenvalue weighted by molar-refractivity contribution is 0.193. The van der Waals surface area contributed by atoms with Gasteiger partial charge in [0, 0.05) is 26.3 Å². The number of ether oxygens (including phenoxy) is 2. The van der Waals surface area contributed by atoms with Gasteiger partial charge in [0.1, 0.15) is 5.75 Å². The van der Waals surface area contributed by atoms with Crippen molar-refractivity contribution in [3.63, 3.8) is 0 Å². The van der Waals surface area contributed by atoms with Gasteiger partial charge in [-0.3, -0.25) is 0 Å². The van der Waals surface area contributed by atoms with Crippen LogP contribution in [0.4, 0.5) is 5.69 Å². The van der Waals surface area contributed by atoms with Gasteiger partial charge >= 0.3 is 0 Å². The first-order chi connectivity index (χ1) is 12.6. The quantitative estimate of drug-likeness (QED) is 0.436. The lowest BCUT2D eigenvalue weighted by Gasteiger charge is -2.25. The molecule has 0 saturated carbocycles. The molecular formula is C19H26N2O4S. The molecule has 2 aromatic carbocycles. The lowest BCUT2D eigenvalue weighted by Crippen LogP contribution is -2.26. The summed E-state index contributed by atoms with van der Waals surface area (Å²) < 4.78 is 32.1. The van der Waals surface area contributed by atoms with Crippen LogP contribution in [0.25, 0.3) is 0 Å². The average molecular weight is 378 g/mol. The van der Waals surface area contributed by atoms with Gasteiger partial charge in [-0.2, -0.15) is 0 Å². The molecule has 2 atom stereocenters. The van der Waals surface area contributed by atoms with E-state index in [1.807, 2.05) is 37.4 Å². The highest BCUT2D eigenvalue weighted by Crippen LogP contribution is 2.36. The van der Waals surface area contributed by atoms with Crippen LogP contribution in [-0.2, 0) is 15.8 Å². The Labute approximate surface area is 157 Å². The molecule has 0 radical (unpaired) electrons. The van der Waals surface area contributed by atoms with Crippen molar-refractivity contribution in [3.8, 4) is 5.75 Å². The zero-order valence-corrected chi connectivity index (χ0v) is 16.1. The van der Waals surface area contributed by atoms with Crippen LogP contribution in [0.15, 0.2) is 47.4 Å². The van der Waals surface area contributed by atoms with Gasteiger partial charge < -0.3 is 24.7 Å². The van der Waals surface area contributed by atoms with E-state index in [-0.39, 0.29) is 6.04 Å². The third-order valence-corrected chi connectivity index (χ3v) is 4.88. The Kier molecular flexibility index (Phi) is 8.06. The molecule has 0 saturated heterocycles. The Morgan fingerprint density at radius 1 is 1.12 bits per heavy atom. The Bertz CT molecular complexity index is 739. The van der Waals surface area contributed by atoms with Gasteiger partial charge in [0.2, 0.25) is 0 Å². The third kappa shape index (κ3) is 4.82. The molecule has 6 nitrogen and oxygen atoms in total. The minimum absolute atomic E-state index is 0.267. The van der Waals surface area contributed by atoms with Crippen LogP contribution >= 0.6 is 0 Å². The fourth-order valence-electron chi connectivity index (χ4n) is 2.95. The van der Waals surface area contributed by atoms with E-state index >= 15 is 0 Å². The van der Waals surface area contributed by atoms with Crippen molar-refractivity contribution in [1.29, 1.82) is 0 Å². The summed E-state index contributed by atoms with van der Waals surface area (Å²) in [6.07, 6.45) is 0.830. The van der Waals surface area contributed by atoms with Crippen molar-refractivity contribution in [2.45, 2.75) is 17.4 Å². The molecule has 0 spiro atoms. The van der Waals surface area contributed by atoms with Crippen molar-refractivity contribution >= 4 is 16.8 Å². The van der Waals surface area contributed by atoms with Gasteiger partial charge in [-0.05, 0) is 30.7 Å². The maximum absolute atomic E-state index is 11.8. The van der Waals surface area contributed by atoms with Crippen molar-refractivity contribution in [2.75, 3.05) is 39.7 Å². The van der Waals surface area contributed by atoms with Gasteiger partial charge in [-0.15, -0.1) is 0 Å². The van der Waals surface area contributed by atoms with Crippen LogP contribution in [0.5, 0.6) is 5.75 Å². The molecule has 0 aliphatic carbocycles. The van der Waals surface area contributed by atoms with Gasteiger partial charge in [0.25, 0.3) is 0 Å². The molecule has 0 amide bonds. The largest absolute Gasteiger partial charge is 0.495 e. The second-order valence-corrected chi connectivity index (χ2v) is 6.63. The SMILES string of the molecule is CNc1c(OC)cccc1C(NCCCOC)c1ccccc1S(=O)O. The fourth-order valence-corrected chi connectivity index (χ4v) is 3.54. The van der Waals surface area contributed by atoms with Crippen molar-refractivity contribution < 1.29 is 18.2 Å². The van der Waals surface area contributed by atoms with E-state index in [0.717, 1.165) is 29.0 Å². The number of hydrogen-bond donors (Lipinski definition) is 3. The summed E-state index contributed by atoms with van der Waals surface area (Å²) >= 11 is -2.08. The van der Waals surface area contributed by atoms with Crippen molar-refractivity contribution in [1.82, 2.24) is 5.32 Å². The van der Waals surface area contributed by atoms with Crippen LogP contribution in [0, 0.1) is 0 Å². The van der Waals surface area contributed by atoms with E-state index in [1.54, 1.807) is 26.4 Å². The highest BCUT2D eigenvalue weighted by Gasteiger charge is 2.23. The summed E-state index contributed by atoms with van der Waals surface area (Å²) in [5.41, 5.74) is 2.55. The van der Waals surface area contributed by atoms with Crippen LogP contribution in [-0.4, -0.2) is 43.2 Å². The molecule has 0 fully saturated rings. The first kappa shape index (κ1) is 20.4. The Balaban J connectivity index is 2.51. The molecule has 0 aliphatic heterocycles. The summed E-state index contributed by atoms with van der Waals surface area (Å²) in [6, 6.07) is 12.7. The predicted octanol–water partition coefficient (Wildman–Crippen LogP) is 3.03. The summed E-state index contributed by atoms with van der Waals surface area (Å²) in [6.45, 7) is 1.34. The number of rotatable bonds is 10. The van der Waals surface area contributed by atoms with E-state index in [9.17, 15) is 8.76 Å². The zero-order valence-electron chi connectivity index (χ0n) is 15.3. The molecule has 26 heavy (non-hydrogen) atoms. The van der Waals surface area contributed by atoms with Crippen LogP contribution < -0.4 is 15.4 Å². The van der Waals surface area contributed by atoms with Crippen LogP contribution in [0.1, 0.15) is 23.6 Å². The van der Waals surface area contributed by atoms with Crippen LogP contribution in [0.3, 0.4) is 0 Å². The molecule has 2 rings (SSSR count). The molecule has 2 unspecified atom stereocenters.